The van der Waals surface area contributed by atoms with Gasteiger partial charge in [0.25, 0.3) is 16.1 Å². The summed E-state index contributed by atoms with van der Waals surface area (Å²) in [5, 5.41) is 3.67. The van der Waals surface area contributed by atoms with E-state index < -0.39 is 16.3 Å². The van der Waals surface area contributed by atoms with E-state index in [2.05, 4.69) is 5.32 Å². The number of ether oxygens (including phenoxy) is 2. The molecule has 1 atom stereocenters. The second kappa shape index (κ2) is 9.17. The van der Waals surface area contributed by atoms with Crippen LogP contribution in [0.15, 0.2) is 30.3 Å². The van der Waals surface area contributed by atoms with E-state index in [1.807, 2.05) is 38.1 Å². The second-order valence-electron chi connectivity index (χ2n) is 7.98. The van der Waals surface area contributed by atoms with E-state index >= 15 is 0 Å². The molecule has 1 N–H and O–H groups in total. The average molecular weight is 449 g/mol. The number of benzene rings is 1. The Labute approximate surface area is 182 Å². The first-order chi connectivity index (χ1) is 14.9. The van der Waals surface area contributed by atoms with E-state index in [1.165, 1.54) is 8.61 Å². The zero-order valence-corrected chi connectivity index (χ0v) is 18.6. The number of carbonyl (C=O) groups excluding carboxylic acids is 1. The summed E-state index contributed by atoms with van der Waals surface area (Å²) in [7, 11) is -3.61. The van der Waals surface area contributed by atoms with Gasteiger partial charge in [0.15, 0.2) is 0 Å². The lowest BCUT2D eigenvalue weighted by Crippen LogP contribution is -2.52. The molecule has 3 heterocycles. The molecule has 0 unspecified atom stereocenters. The van der Waals surface area contributed by atoms with Gasteiger partial charge in [-0.05, 0) is 26.0 Å². The SMILES string of the molecule is CC(C)NC(=O)c1cc([C@@H]2CN(S(=O)(=O)N3CCOCC3)CCO2)nc2ccccc12. The van der Waals surface area contributed by atoms with Crippen LogP contribution >= 0.6 is 0 Å². The van der Waals surface area contributed by atoms with Crippen molar-refractivity contribution in [3.63, 3.8) is 0 Å². The van der Waals surface area contributed by atoms with Crippen LogP contribution in [-0.4, -0.2) is 80.0 Å². The first-order valence-electron chi connectivity index (χ1n) is 10.5. The summed E-state index contributed by atoms with van der Waals surface area (Å²) in [6.45, 7) is 5.98. The van der Waals surface area contributed by atoms with Crippen molar-refractivity contribution in [3.05, 3.63) is 41.6 Å². The van der Waals surface area contributed by atoms with E-state index in [4.69, 9.17) is 14.5 Å². The highest BCUT2D eigenvalue weighted by Gasteiger charge is 2.36. The molecule has 2 fully saturated rings. The fourth-order valence-electron chi connectivity index (χ4n) is 3.84. The first-order valence-corrected chi connectivity index (χ1v) is 11.9. The first kappa shape index (κ1) is 22.1. The Kier molecular flexibility index (Phi) is 6.54. The number of hydrogen-bond donors (Lipinski definition) is 1. The van der Waals surface area contributed by atoms with E-state index in [1.54, 1.807) is 6.07 Å². The Morgan fingerprint density at radius 1 is 1.13 bits per heavy atom. The van der Waals surface area contributed by atoms with Crippen molar-refractivity contribution < 1.29 is 22.7 Å². The minimum atomic E-state index is -3.61. The molecule has 1 amide bonds. The smallest absolute Gasteiger partial charge is 0.282 e. The third-order valence-corrected chi connectivity index (χ3v) is 7.38. The van der Waals surface area contributed by atoms with Crippen LogP contribution in [0.1, 0.15) is 36.0 Å². The highest BCUT2D eigenvalue weighted by Crippen LogP contribution is 2.28. The molecule has 4 rings (SSSR count). The number of amides is 1. The van der Waals surface area contributed by atoms with Gasteiger partial charge in [-0.2, -0.15) is 17.0 Å². The monoisotopic (exact) mass is 448 g/mol. The third-order valence-electron chi connectivity index (χ3n) is 5.38. The summed E-state index contributed by atoms with van der Waals surface area (Å²) in [6, 6.07) is 9.14. The van der Waals surface area contributed by atoms with Gasteiger partial charge in [-0.25, -0.2) is 4.98 Å². The molecule has 31 heavy (non-hydrogen) atoms. The van der Waals surface area contributed by atoms with Crippen molar-refractivity contribution in [1.82, 2.24) is 18.9 Å². The normalized spacial score (nSPS) is 21.5. The molecule has 10 heteroatoms. The zero-order valence-electron chi connectivity index (χ0n) is 17.8. The predicted molar refractivity (Wildman–Crippen MR) is 116 cm³/mol. The molecule has 0 bridgehead atoms. The fraction of sp³-hybridized carbons (Fsp3) is 0.524. The van der Waals surface area contributed by atoms with Gasteiger partial charge < -0.3 is 14.8 Å². The Bertz CT molecular complexity index is 1050. The Morgan fingerprint density at radius 3 is 2.58 bits per heavy atom. The van der Waals surface area contributed by atoms with Crippen molar-refractivity contribution in [2.24, 2.45) is 0 Å². The van der Waals surface area contributed by atoms with Gasteiger partial charge in [0.1, 0.15) is 6.10 Å². The van der Waals surface area contributed by atoms with Crippen LogP contribution in [0.3, 0.4) is 0 Å². The number of morpholine rings is 2. The average Bonchev–Trinajstić information content (AvgIpc) is 2.78. The molecule has 1 aromatic carbocycles. The highest BCUT2D eigenvalue weighted by atomic mass is 32.2. The molecular formula is C21H28N4O5S. The molecule has 1 aromatic heterocycles. The lowest BCUT2D eigenvalue weighted by molar-refractivity contribution is -0.00830. The molecular weight excluding hydrogens is 420 g/mol. The fourth-order valence-corrected chi connectivity index (χ4v) is 5.41. The van der Waals surface area contributed by atoms with E-state index in [0.717, 1.165) is 5.39 Å². The zero-order chi connectivity index (χ0) is 22.0. The van der Waals surface area contributed by atoms with Gasteiger partial charge in [0.2, 0.25) is 0 Å². The summed E-state index contributed by atoms with van der Waals surface area (Å²) in [4.78, 5) is 17.5. The maximum atomic E-state index is 13.1. The number of carbonyl (C=O) groups is 1. The van der Waals surface area contributed by atoms with E-state index in [9.17, 15) is 13.2 Å². The minimum Gasteiger partial charge on any atom is -0.379 e. The van der Waals surface area contributed by atoms with Crippen LogP contribution in [0.4, 0.5) is 0 Å². The van der Waals surface area contributed by atoms with Gasteiger partial charge in [-0.1, -0.05) is 18.2 Å². The van der Waals surface area contributed by atoms with Crippen LogP contribution in [0, 0.1) is 0 Å². The second-order valence-corrected chi connectivity index (χ2v) is 9.91. The largest absolute Gasteiger partial charge is 0.379 e. The van der Waals surface area contributed by atoms with Crippen LogP contribution < -0.4 is 5.32 Å². The van der Waals surface area contributed by atoms with Crippen LogP contribution in [0.2, 0.25) is 0 Å². The number of hydrogen-bond acceptors (Lipinski definition) is 6. The van der Waals surface area contributed by atoms with Crippen molar-refractivity contribution in [1.29, 1.82) is 0 Å². The van der Waals surface area contributed by atoms with Crippen LogP contribution in [0.5, 0.6) is 0 Å². The van der Waals surface area contributed by atoms with Gasteiger partial charge in [-0.15, -0.1) is 0 Å². The molecule has 0 aliphatic carbocycles. The Balaban J connectivity index is 1.64. The topological polar surface area (TPSA) is 101 Å². The van der Waals surface area contributed by atoms with E-state index in [-0.39, 0.29) is 31.6 Å². The van der Waals surface area contributed by atoms with Crippen molar-refractivity contribution in [3.8, 4) is 0 Å². The summed E-state index contributed by atoms with van der Waals surface area (Å²) in [5.74, 6) is -0.191. The Morgan fingerprint density at radius 2 is 1.84 bits per heavy atom. The molecule has 0 spiro atoms. The number of aromatic nitrogens is 1. The Hall–Kier alpha value is -2.11. The number of fused-ring (bicyclic) bond motifs is 1. The lowest BCUT2D eigenvalue weighted by atomic mass is 10.0. The van der Waals surface area contributed by atoms with Gasteiger partial charge in [0.05, 0.1) is 36.6 Å². The summed E-state index contributed by atoms with van der Waals surface area (Å²) in [5.41, 5.74) is 1.73. The maximum absolute atomic E-state index is 13.1. The molecule has 2 saturated heterocycles. The number of nitrogens with one attached hydrogen (secondary N) is 1. The van der Waals surface area contributed by atoms with Gasteiger partial charge in [-0.3, -0.25) is 4.79 Å². The number of nitrogens with zero attached hydrogens (tertiary/aromatic N) is 3. The van der Waals surface area contributed by atoms with Crippen LogP contribution in [-0.2, 0) is 19.7 Å². The van der Waals surface area contributed by atoms with Crippen LogP contribution in [0.25, 0.3) is 10.9 Å². The molecule has 0 radical (unpaired) electrons. The van der Waals surface area contributed by atoms with Crippen molar-refractivity contribution in [2.45, 2.75) is 26.0 Å². The van der Waals surface area contributed by atoms with E-state index in [0.29, 0.717) is 43.1 Å². The minimum absolute atomic E-state index is 0.0111. The van der Waals surface area contributed by atoms with Gasteiger partial charge >= 0.3 is 0 Å². The summed E-state index contributed by atoms with van der Waals surface area (Å²) in [6.07, 6.45) is -0.556. The number of rotatable bonds is 5. The molecule has 2 aliphatic rings. The number of para-hydroxylation sites is 1. The maximum Gasteiger partial charge on any atom is 0.282 e. The highest BCUT2D eigenvalue weighted by molar-refractivity contribution is 7.86. The predicted octanol–water partition coefficient (Wildman–Crippen LogP) is 1.32. The molecule has 2 aliphatic heterocycles. The number of pyridine rings is 1. The molecule has 2 aromatic rings. The van der Waals surface area contributed by atoms with Gasteiger partial charge in [0, 0.05) is 37.6 Å². The lowest BCUT2D eigenvalue weighted by Gasteiger charge is -2.36. The summed E-state index contributed by atoms with van der Waals surface area (Å²) >= 11 is 0. The standard InChI is InChI=1S/C21H28N4O5S/c1-15(2)22-21(26)17-13-19(23-18-6-4-3-5-16(17)18)20-14-25(9-12-30-20)31(27,28)24-7-10-29-11-8-24/h3-6,13,15,20H,7-12,14H2,1-2H3,(H,22,26)/t20-/m0/s1. The summed E-state index contributed by atoms with van der Waals surface area (Å²) < 4.78 is 40.2. The molecule has 0 saturated carbocycles. The molecule has 9 nitrogen and oxygen atoms in total. The third kappa shape index (κ3) is 4.73. The molecule has 168 valence electrons. The van der Waals surface area contributed by atoms with Crippen molar-refractivity contribution in [2.75, 3.05) is 46.0 Å². The quantitative estimate of drug-likeness (QED) is 0.741. The van der Waals surface area contributed by atoms with Crippen molar-refractivity contribution >= 4 is 27.0 Å².